The Kier molecular flexibility index (Phi) is 3.55. The van der Waals surface area contributed by atoms with Crippen molar-refractivity contribution in [3.63, 3.8) is 0 Å². The van der Waals surface area contributed by atoms with Gasteiger partial charge in [-0.05, 0) is 43.4 Å². The Morgan fingerprint density at radius 1 is 1.10 bits per heavy atom. The number of pyridine rings is 1. The molecular weight excluding hydrogens is 286 g/mol. The summed E-state index contributed by atoms with van der Waals surface area (Å²) >= 11 is 0. The van der Waals surface area contributed by atoms with Gasteiger partial charge >= 0.3 is 0 Å². The normalized spacial score (nSPS) is 13.7. The number of nitrogens with zero attached hydrogens (tertiary/aromatic N) is 2. The molecule has 2 aliphatic heterocycles. The van der Waals surface area contributed by atoms with Gasteiger partial charge in [0.1, 0.15) is 5.69 Å². The molecule has 1 aromatic carbocycles. The van der Waals surface area contributed by atoms with Crippen LogP contribution in [-0.2, 0) is 12.8 Å². The minimum atomic E-state index is -0.0455. The van der Waals surface area contributed by atoms with Crippen LogP contribution in [0.1, 0.15) is 24.1 Å². The summed E-state index contributed by atoms with van der Waals surface area (Å²) in [6.07, 6.45) is 6.26. The van der Waals surface area contributed by atoms with Crippen LogP contribution in [0.25, 0.3) is 16.9 Å². The molecule has 1 aliphatic carbocycles. The number of benzene rings is 1. The Morgan fingerprint density at radius 2 is 1.86 bits per heavy atom. The monoisotopic (exact) mass is 301 g/mol. The van der Waals surface area contributed by atoms with E-state index < -0.39 is 0 Å². The van der Waals surface area contributed by atoms with Crippen molar-refractivity contribution in [3.8, 4) is 16.9 Å². The molecule has 4 nitrogen and oxygen atoms in total. The Hall–Kier alpha value is -2.07. The smallest absolute Gasteiger partial charge is 0.282 e. The predicted molar refractivity (Wildman–Crippen MR) is 84.7 cm³/mol. The van der Waals surface area contributed by atoms with E-state index in [0.717, 1.165) is 24.2 Å². The first-order valence-electron chi connectivity index (χ1n) is 7.02. The van der Waals surface area contributed by atoms with Crippen LogP contribution in [0.2, 0.25) is 0 Å². The number of hydrogen-bond acceptors (Lipinski definition) is 2. The fraction of sp³-hybridized carbons (Fsp3) is 0.250. The molecule has 1 N–H and O–H groups in total. The fourth-order valence-electron chi connectivity index (χ4n) is 3.00. The molecule has 0 atom stereocenters. The van der Waals surface area contributed by atoms with Crippen LogP contribution in [0, 0.1) is 0 Å². The first kappa shape index (κ1) is 13.9. The highest BCUT2D eigenvalue weighted by Gasteiger charge is 2.23. The number of para-hydroxylation sites is 1. The molecule has 0 bridgehead atoms. The second-order valence-corrected chi connectivity index (χ2v) is 5.27. The first-order valence-corrected chi connectivity index (χ1v) is 7.02. The molecule has 4 rings (SSSR count). The summed E-state index contributed by atoms with van der Waals surface area (Å²) < 4.78 is 1.51. The van der Waals surface area contributed by atoms with Gasteiger partial charge in [0, 0.05) is 11.9 Å². The van der Waals surface area contributed by atoms with Crippen LogP contribution in [0.15, 0.2) is 41.3 Å². The van der Waals surface area contributed by atoms with E-state index in [4.69, 9.17) is 0 Å². The average molecular weight is 302 g/mol. The first-order chi connectivity index (χ1) is 9.84. The van der Waals surface area contributed by atoms with Gasteiger partial charge in [0.2, 0.25) is 0 Å². The zero-order chi connectivity index (χ0) is 13.5. The van der Waals surface area contributed by atoms with E-state index in [0.29, 0.717) is 5.56 Å². The zero-order valence-electron chi connectivity index (χ0n) is 11.5. The molecule has 0 aromatic heterocycles. The van der Waals surface area contributed by atoms with Gasteiger partial charge in [-0.25, -0.2) is 0 Å². The fourth-order valence-corrected chi connectivity index (χ4v) is 3.00. The summed E-state index contributed by atoms with van der Waals surface area (Å²) in [5.74, 6) is 0. The van der Waals surface area contributed by atoms with E-state index >= 15 is 0 Å². The van der Waals surface area contributed by atoms with Gasteiger partial charge in [0.15, 0.2) is 0 Å². The van der Waals surface area contributed by atoms with Crippen LogP contribution < -0.4 is 5.56 Å². The highest BCUT2D eigenvalue weighted by atomic mass is 35.5. The van der Waals surface area contributed by atoms with E-state index in [9.17, 15) is 4.79 Å². The number of fused-ring (bicyclic) bond motifs is 3. The Balaban J connectivity index is 0.00000132. The zero-order valence-corrected chi connectivity index (χ0v) is 12.3. The van der Waals surface area contributed by atoms with Crippen molar-refractivity contribution in [3.05, 3.63) is 58.1 Å². The van der Waals surface area contributed by atoms with Gasteiger partial charge < -0.3 is 4.98 Å². The molecule has 21 heavy (non-hydrogen) atoms. The minimum Gasteiger partial charge on any atom is -0.364 e. The summed E-state index contributed by atoms with van der Waals surface area (Å²) in [4.78, 5) is 15.8. The van der Waals surface area contributed by atoms with Crippen LogP contribution in [-0.4, -0.2) is 14.8 Å². The van der Waals surface area contributed by atoms with Crippen molar-refractivity contribution in [2.45, 2.75) is 25.7 Å². The van der Waals surface area contributed by atoms with Crippen molar-refractivity contribution in [1.82, 2.24) is 14.8 Å². The van der Waals surface area contributed by atoms with E-state index in [2.05, 4.69) is 10.1 Å². The molecule has 0 amide bonds. The van der Waals surface area contributed by atoms with Crippen molar-refractivity contribution in [1.29, 1.82) is 0 Å². The number of nitrogens with one attached hydrogen (secondary N) is 1. The maximum absolute atomic E-state index is 12.5. The molecule has 108 valence electrons. The van der Waals surface area contributed by atoms with E-state index in [1.807, 2.05) is 36.5 Å². The molecule has 0 unspecified atom stereocenters. The second-order valence-electron chi connectivity index (χ2n) is 5.27. The molecule has 3 aliphatic rings. The Labute approximate surface area is 128 Å². The molecule has 0 saturated carbocycles. The summed E-state index contributed by atoms with van der Waals surface area (Å²) in [7, 11) is 0. The predicted octanol–water partition coefficient (Wildman–Crippen LogP) is 2.97. The van der Waals surface area contributed by atoms with Crippen molar-refractivity contribution in [2.75, 3.05) is 0 Å². The molecule has 0 radical (unpaired) electrons. The third-order valence-corrected chi connectivity index (χ3v) is 4.02. The lowest BCUT2D eigenvalue weighted by atomic mass is 9.92. The highest BCUT2D eigenvalue weighted by Crippen LogP contribution is 2.29. The summed E-state index contributed by atoms with van der Waals surface area (Å²) in [6, 6.07) is 9.59. The minimum absolute atomic E-state index is 0. The number of aromatic nitrogens is 3. The van der Waals surface area contributed by atoms with Gasteiger partial charge in [-0.15, -0.1) is 12.4 Å². The van der Waals surface area contributed by atoms with Crippen LogP contribution >= 0.6 is 12.4 Å². The second kappa shape index (κ2) is 5.37. The lowest BCUT2D eigenvalue weighted by Gasteiger charge is -2.16. The van der Waals surface area contributed by atoms with Gasteiger partial charge in [0.25, 0.3) is 5.56 Å². The summed E-state index contributed by atoms with van der Waals surface area (Å²) in [5.41, 5.74) is 4.79. The average Bonchev–Trinajstić information content (AvgIpc) is 2.86. The quantitative estimate of drug-likeness (QED) is 0.751. The number of H-pyrrole nitrogens is 1. The lowest BCUT2D eigenvalue weighted by Crippen LogP contribution is -2.14. The number of halogens is 1. The maximum atomic E-state index is 12.5. The molecule has 5 heteroatoms. The van der Waals surface area contributed by atoms with E-state index in [-0.39, 0.29) is 18.0 Å². The Bertz CT molecular complexity index is 791. The molecule has 1 aromatic rings. The number of rotatable bonds is 1. The van der Waals surface area contributed by atoms with Crippen molar-refractivity contribution < 1.29 is 0 Å². The molecule has 2 heterocycles. The maximum Gasteiger partial charge on any atom is 0.282 e. The lowest BCUT2D eigenvalue weighted by molar-refractivity contribution is 0.666. The number of aromatic amines is 1. The molecule has 0 fully saturated rings. The van der Waals surface area contributed by atoms with Crippen molar-refractivity contribution in [2.24, 2.45) is 0 Å². The van der Waals surface area contributed by atoms with Crippen LogP contribution in [0.5, 0.6) is 0 Å². The third kappa shape index (κ3) is 2.16. The van der Waals surface area contributed by atoms with E-state index in [1.54, 1.807) is 0 Å². The SMILES string of the molecule is Cl.O=c1c2c[nH]c3c(c-2nn1-c1ccccc1)CCCC3. The van der Waals surface area contributed by atoms with Crippen molar-refractivity contribution >= 4 is 12.4 Å². The summed E-state index contributed by atoms with van der Waals surface area (Å²) in [5, 5.41) is 4.58. The topological polar surface area (TPSA) is 50.7 Å². The molecule has 0 spiro atoms. The number of aryl methyl sites for hydroxylation is 1. The molecule has 0 saturated heterocycles. The van der Waals surface area contributed by atoms with Gasteiger partial charge in [0.05, 0.1) is 11.3 Å². The Morgan fingerprint density at radius 3 is 2.67 bits per heavy atom. The van der Waals surface area contributed by atoms with Gasteiger partial charge in [-0.1, -0.05) is 18.2 Å². The number of hydrogen-bond donors (Lipinski definition) is 1. The van der Waals surface area contributed by atoms with Crippen LogP contribution in [0.4, 0.5) is 0 Å². The highest BCUT2D eigenvalue weighted by molar-refractivity contribution is 5.85. The molecular formula is C16H16ClN3O. The summed E-state index contributed by atoms with van der Waals surface area (Å²) in [6.45, 7) is 0. The largest absolute Gasteiger partial charge is 0.364 e. The standard InChI is InChI=1S/C16H15N3O.ClH/c20-16-13-10-17-14-9-5-4-8-12(14)15(13)18-19(16)11-6-2-1-3-7-11;/h1-3,6-7,10,17H,4-5,8-9H2;1H. The van der Waals surface area contributed by atoms with Gasteiger partial charge in [-0.2, -0.15) is 9.78 Å². The van der Waals surface area contributed by atoms with Crippen LogP contribution in [0.3, 0.4) is 0 Å². The third-order valence-electron chi connectivity index (χ3n) is 4.02. The van der Waals surface area contributed by atoms with Gasteiger partial charge in [-0.3, -0.25) is 4.79 Å². The van der Waals surface area contributed by atoms with E-state index in [1.165, 1.54) is 28.8 Å².